The predicted molar refractivity (Wildman–Crippen MR) is 400 cm³/mol. The maximum absolute atomic E-state index is 13.1. The lowest BCUT2D eigenvalue weighted by molar-refractivity contribution is -0.161. The number of unbranched alkanes of at least 4 members (excludes halogenated alkanes) is 43. The summed E-state index contributed by atoms with van der Waals surface area (Å²) in [6.45, 7) is 12.0. The molecule has 3 N–H and O–H groups in total. The number of phosphoric acid groups is 2. The molecule has 0 aromatic rings. The van der Waals surface area contributed by atoms with Crippen LogP contribution in [-0.2, 0) is 65.4 Å². The molecule has 0 aliphatic carbocycles. The first-order valence-corrected chi connectivity index (χ1v) is 43.9. The maximum Gasteiger partial charge on any atom is 0.472 e. The molecule has 0 radical (unpaired) electrons. The van der Waals surface area contributed by atoms with Crippen molar-refractivity contribution in [2.75, 3.05) is 39.6 Å². The molecule has 17 nitrogen and oxygen atoms in total. The van der Waals surface area contributed by atoms with Crippen molar-refractivity contribution in [3.8, 4) is 0 Å². The van der Waals surface area contributed by atoms with E-state index in [-0.39, 0.29) is 25.7 Å². The number of esters is 4. The molecule has 0 amide bonds. The number of rotatable bonds is 77. The van der Waals surface area contributed by atoms with Gasteiger partial charge in [-0.3, -0.25) is 37.3 Å². The molecule has 0 aliphatic heterocycles. The van der Waals surface area contributed by atoms with Crippen molar-refractivity contribution in [2.24, 2.45) is 17.8 Å². The van der Waals surface area contributed by atoms with Crippen molar-refractivity contribution in [3.05, 3.63) is 0 Å². The summed E-state index contributed by atoms with van der Waals surface area (Å²) in [6.07, 6.45) is 56.8. The molecule has 0 fully saturated rings. The van der Waals surface area contributed by atoms with Gasteiger partial charge in [0.25, 0.3) is 0 Å². The van der Waals surface area contributed by atoms with E-state index in [4.69, 9.17) is 37.0 Å². The Morgan fingerprint density at radius 1 is 0.296 bits per heavy atom. The van der Waals surface area contributed by atoms with E-state index in [0.29, 0.717) is 25.7 Å². The van der Waals surface area contributed by atoms with Gasteiger partial charge < -0.3 is 33.8 Å². The second-order valence-corrected chi connectivity index (χ2v) is 32.3. The van der Waals surface area contributed by atoms with Crippen molar-refractivity contribution in [2.45, 2.75) is 426 Å². The van der Waals surface area contributed by atoms with Gasteiger partial charge >= 0.3 is 39.5 Å². The first kappa shape index (κ1) is 96.1. The Hall–Kier alpha value is -1.94. The number of phosphoric ester groups is 2. The largest absolute Gasteiger partial charge is 0.472 e. The van der Waals surface area contributed by atoms with Crippen molar-refractivity contribution in [1.29, 1.82) is 0 Å². The highest BCUT2D eigenvalue weighted by Crippen LogP contribution is 2.45. The first-order chi connectivity index (χ1) is 47.3. The Labute approximate surface area is 600 Å². The summed E-state index contributed by atoms with van der Waals surface area (Å²) in [5, 5.41) is 10.6. The third-order valence-electron chi connectivity index (χ3n) is 19.1. The summed E-state index contributed by atoms with van der Waals surface area (Å²) < 4.78 is 68.6. The molecule has 0 saturated carbocycles. The van der Waals surface area contributed by atoms with Crippen LogP contribution in [0.3, 0.4) is 0 Å². The second-order valence-electron chi connectivity index (χ2n) is 29.4. The summed E-state index contributed by atoms with van der Waals surface area (Å²) >= 11 is 0. The van der Waals surface area contributed by atoms with E-state index in [1.54, 1.807) is 0 Å². The summed E-state index contributed by atoms with van der Waals surface area (Å²) in [7, 11) is -9.92. The Morgan fingerprint density at radius 3 is 0.776 bits per heavy atom. The summed E-state index contributed by atoms with van der Waals surface area (Å²) in [4.78, 5) is 72.9. The lowest BCUT2D eigenvalue weighted by atomic mass is 9.99. The van der Waals surface area contributed by atoms with Gasteiger partial charge in [-0.05, 0) is 43.4 Å². The van der Waals surface area contributed by atoms with Crippen LogP contribution in [-0.4, -0.2) is 96.7 Å². The normalized spacial score (nSPS) is 14.6. The number of carbonyl (C=O) groups excluding carboxylic acids is 4. The zero-order valence-corrected chi connectivity index (χ0v) is 66.0. The van der Waals surface area contributed by atoms with E-state index in [1.165, 1.54) is 218 Å². The quantitative estimate of drug-likeness (QED) is 0.0222. The van der Waals surface area contributed by atoms with Crippen LogP contribution < -0.4 is 0 Å². The molecule has 0 heterocycles. The summed E-state index contributed by atoms with van der Waals surface area (Å²) in [6, 6.07) is 0. The number of ether oxygens (including phenoxy) is 4. The molecular weight excluding hydrogens is 1280 g/mol. The van der Waals surface area contributed by atoms with Gasteiger partial charge in [0.1, 0.15) is 19.3 Å². The number of hydrogen-bond donors (Lipinski definition) is 3. The molecule has 582 valence electrons. The Kier molecular flexibility index (Phi) is 68.1. The monoisotopic (exact) mass is 1440 g/mol. The Morgan fingerprint density at radius 2 is 0.520 bits per heavy atom. The van der Waals surface area contributed by atoms with Crippen LogP contribution in [0, 0.1) is 17.8 Å². The highest BCUT2D eigenvalue weighted by atomic mass is 31.2. The molecule has 0 saturated heterocycles. The van der Waals surface area contributed by atoms with E-state index in [9.17, 15) is 43.2 Å². The van der Waals surface area contributed by atoms with E-state index in [0.717, 1.165) is 108 Å². The van der Waals surface area contributed by atoms with Crippen LogP contribution in [0.4, 0.5) is 0 Å². The average Bonchev–Trinajstić information content (AvgIpc) is 0.968. The molecule has 0 aromatic carbocycles. The summed E-state index contributed by atoms with van der Waals surface area (Å²) in [5.41, 5.74) is 0. The van der Waals surface area contributed by atoms with Gasteiger partial charge in [-0.1, -0.05) is 357 Å². The van der Waals surface area contributed by atoms with Crippen molar-refractivity contribution >= 4 is 39.5 Å². The third kappa shape index (κ3) is 69.8. The molecule has 0 bridgehead atoms. The van der Waals surface area contributed by atoms with Gasteiger partial charge in [0.15, 0.2) is 12.2 Å². The molecule has 4 unspecified atom stereocenters. The van der Waals surface area contributed by atoms with Gasteiger partial charge in [0, 0.05) is 25.7 Å². The van der Waals surface area contributed by atoms with Crippen molar-refractivity contribution < 1.29 is 80.2 Å². The van der Waals surface area contributed by atoms with Gasteiger partial charge in [-0.25, -0.2) is 9.13 Å². The fourth-order valence-corrected chi connectivity index (χ4v) is 13.6. The highest BCUT2D eigenvalue weighted by molar-refractivity contribution is 7.47. The molecule has 0 aliphatic rings. The average molecular weight is 1440 g/mol. The fourth-order valence-electron chi connectivity index (χ4n) is 12.1. The fraction of sp³-hybridized carbons (Fsp3) is 0.949. The van der Waals surface area contributed by atoms with Gasteiger partial charge in [-0.15, -0.1) is 0 Å². The highest BCUT2D eigenvalue weighted by Gasteiger charge is 2.30. The van der Waals surface area contributed by atoms with Gasteiger partial charge in [0.2, 0.25) is 0 Å². The van der Waals surface area contributed by atoms with Gasteiger partial charge in [0.05, 0.1) is 26.4 Å². The first-order valence-electron chi connectivity index (χ1n) is 40.9. The Bertz CT molecular complexity index is 1910. The molecule has 98 heavy (non-hydrogen) atoms. The molecule has 7 atom stereocenters. The number of aliphatic hydroxyl groups is 1. The third-order valence-corrected chi connectivity index (χ3v) is 21.0. The minimum atomic E-state index is -4.96. The maximum atomic E-state index is 13.1. The van der Waals surface area contributed by atoms with Crippen LogP contribution in [0.15, 0.2) is 0 Å². The zero-order chi connectivity index (χ0) is 72.3. The SMILES string of the molecule is CCCCCCCCCCCC(=O)OC[C@H](COP(=O)(O)OC[C@H](O)COP(=O)(O)OC[C@@H](COC(=O)CCCCCCCCCCCCC(C)CC)OC(=O)CCCCCCCCCCCCCCCCCCCCC(C)C)OC(=O)CCCCCCCCCCCCC(C)CC. The topological polar surface area (TPSA) is 237 Å². The molecule has 19 heteroatoms. The molecular formula is C79H154O17P2. The van der Waals surface area contributed by atoms with E-state index >= 15 is 0 Å². The number of carbonyl (C=O) groups is 4. The molecule has 0 aromatic heterocycles. The van der Waals surface area contributed by atoms with E-state index in [1.807, 2.05) is 0 Å². The predicted octanol–water partition coefficient (Wildman–Crippen LogP) is 23.4. The minimum Gasteiger partial charge on any atom is -0.462 e. The summed E-state index contributed by atoms with van der Waals surface area (Å²) in [5.74, 6) is 0.318. The van der Waals surface area contributed by atoms with Crippen LogP contribution >= 0.6 is 15.6 Å². The lowest BCUT2D eigenvalue weighted by Crippen LogP contribution is -2.30. The minimum absolute atomic E-state index is 0.106. The number of hydrogen-bond acceptors (Lipinski definition) is 15. The second kappa shape index (κ2) is 69.4. The van der Waals surface area contributed by atoms with Crippen LogP contribution in [0.2, 0.25) is 0 Å². The lowest BCUT2D eigenvalue weighted by Gasteiger charge is -2.21. The van der Waals surface area contributed by atoms with Crippen LogP contribution in [0.5, 0.6) is 0 Å². The number of aliphatic hydroxyl groups excluding tert-OH is 1. The van der Waals surface area contributed by atoms with Crippen molar-refractivity contribution in [1.82, 2.24) is 0 Å². The molecule has 0 rings (SSSR count). The van der Waals surface area contributed by atoms with E-state index < -0.39 is 97.5 Å². The standard InChI is InChI=1S/C79H154O17P2/c1-8-11-12-13-14-29-39-46-53-60-76(81)89-66-74(96-79(84)63-56-49-42-35-28-26-32-38-45-52-59-72(7)10-3)68-93-97(85,86)91-64-73(80)65-92-98(87,88)94-69-75(67-90-77(82)61-54-47-40-33-27-25-31-37-44-51-58-71(6)9-2)95-78(83)62-55-48-41-34-24-22-20-18-16-15-17-19-21-23-30-36-43-50-57-70(4)5/h70-75,80H,8-69H2,1-7H3,(H,85,86)(H,87,88)/t71?,72?,73-,74+,75+/m0/s1. The van der Waals surface area contributed by atoms with Crippen LogP contribution in [0.25, 0.3) is 0 Å². The van der Waals surface area contributed by atoms with Crippen LogP contribution in [0.1, 0.15) is 408 Å². The van der Waals surface area contributed by atoms with Crippen molar-refractivity contribution in [3.63, 3.8) is 0 Å². The van der Waals surface area contributed by atoms with Gasteiger partial charge in [-0.2, -0.15) is 0 Å². The zero-order valence-electron chi connectivity index (χ0n) is 64.3. The molecule has 0 spiro atoms. The van der Waals surface area contributed by atoms with E-state index in [2.05, 4.69) is 48.5 Å². The smallest absolute Gasteiger partial charge is 0.462 e. The Balaban J connectivity index is 5.21.